The number of nitrogens with one attached hydrogen (secondary N) is 1. The number of ether oxygens (including phenoxy) is 1. The Balaban J connectivity index is 1.89. The average molecular weight is 297 g/mol. The van der Waals surface area contributed by atoms with Gasteiger partial charge in [-0.15, -0.1) is 0 Å². The number of nitrogens with zero attached hydrogens (tertiary/aromatic N) is 1. The number of hydrogen-bond acceptors (Lipinski definition) is 3. The molecule has 0 aromatic heterocycles. The molecule has 0 bridgehead atoms. The fraction of sp³-hybridized carbons (Fsp3) is 0.429. The summed E-state index contributed by atoms with van der Waals surface area (Å²) in [5.41, 5.74) is -0.846. The van der Waals surface area contributed by atoms with E-state index in [0.717, 1.165) is 12.8 Å². The maximum Gasteiger partial charge on any atom is 0.259 e. The summed E-state index contributed by atoms with van der Waals surface area (Å²) in [6.45, 7) is 1.46. The van der Waals surface area contributed by atoms with E-state index in [1.54, 1.807) is 6.92 Å². The smallest absolute Gasteiger partial charge is 0.259 e. The Morgan fingerprint density at radius 2 is 2.35 bits per heavy atom. The molecule has 1 atom stereocenters. The molecule has 0 unspecified atom stereocenters. The van der Waals surface area contributed by atoms with Gasteiger partial charge in [-0.3, -0.25) is 4.79 Å². The van der Waals surface area contributed by atoms with Crippen LogP contribution in [0.1, 0.15) is 19.8 Å². The highest BCUT2D eigenvalue weighted by molar-refractivity contribution is 6.30. The first-order valence-corrected chi connectivity index (χ1v) is 6.62. The second-order valence-corrected chi connectivity index (χ2v) is 5.41. The Hall–Kier alpha value is -1.80. The van der Waals surface area contributed by atoms with Crippen LogP contribution in [0.4, 0.5) is 4.39 Å². The predicted octanol–water partition coefficient (Wildman–Crippen LogP) is 2.67. The van der Waals surface area contributed by atoms with Crippen molar-refractivity contribution in [3.63, 3.8) is 0 Å². The third-order valence-electron chi connectivity index (χ3n) is 3.29. The van der Waals surface area contributed by atoms with Gasteiger partial charge in [0.2, 0.25) is 0 Å². The fourth-order valence-corrected chi connectivity index (χ4v) is 2.09. The highest BCUT2D eigenvalue weighted by Crippen LogP contribution is 2.39. The lowest BCUT2D eigenvalue weighted by Crippen LogP contribution is -2.48. The van der Waals surface area contributed by atoms with Crippen LogP contribution in [-0.4, -0.2) is 18.1 Å². The van der Waals surface area contributed by atoms with Crippen molar-refractivity contribution >= 4 is 17.5 Å². The zero-order valence-electron chi connectivity index (χ0n) is 11.0. The van der Waals surface area contributed by atoms with Gasteiger partial charge >= 0.3 is 0 Å². The average Bonchev–Trinajstić information content (AvgIpc) is 3.25. The molecule has 20 heavy (non-hydrogen) atoms. The molecule has 1 fully saturated rings. The Morgan fingerprint density at radius 1 is 1.65 bits per heavy atom. The third kappa shape index (κ3) is 3.40. The van der Waals surface area contributed by atoms with E-state index in [4.69, 9.17) is 21.6 Å². The van der Waals surface area contributed by atoms with Crippen molar-refractivity contribution in [3.05, 3.63) is 29.0 Å². The van der Waals surface area contributed by atoms with E-state index in [1.807, 2.05) is 0 Å². The van der Waals surface area contributed by atoms with Crippen molar-refractivity contribution in [2.75, 3.05) is 6.61 Å². The van der Waals surface area contributed by atoms with Crippen molar-refractivity contribution in [1.82, 2.24) is 5.32 Å². The summed E-state index contributed by atoms with van der Waals surface area (Å²) in [6.07, 6.45) is 1.89. The Kier molecular flexibility index (Phi) is 4.15. The topological polar surface area (TPSA) is 62.1 Å². The summed E-state index contributed by atoms with van der Waals surface area (Å²) in [6, 6.07) is 5.98. The number of benzene rings is 1. The Morgan fingerprint density at radius 3 is 2.90 bits per heavy atom. The van der Waals surface area contributed by atoms with Crippen LogP contribution in [-0.2, 0) is 4.79 Å². The van der Waals surface area contributed by atoms with Crippen molar-refractivity contribution in [2.24, 2.45) is 5.92 Å². The van der Waals surface area contributed by atoms with Gasteiger partial charge < -0.3 is 10.1 Å². The summed E-state index contributed by atoms with van der Waals surface area (Å²) < 4.78 is 18.2. The molecule has 0 saturated heterocycles. The van der Waals surface area contributed by atoms with E-state index in [1.165, 1.54) is 18.2 Å². The van der Waals surface area contributed by atoms with Gasteiger partial charge in [0.15, 0.2) is 6.61 Å². The van der Waals surface area contributed by atoms with Gasteiger partial charge in [0.1, 0.15) is 17.1 Å². The van der Waals surface area contributed by atoms with Crippen molar-refractivity contribution < 1.29 is 13.9 Å². The number of hydrogen-bond donors (Lipinski definition) is 1. The lowest BCUT2D eigenvalue weighted by atomic mass is 9.98. The third-order valence-corrected chi connectivity index (χ3v) is 3.58. The quantitative estimate of drug-likeness (QED) is 0.908. The zero-order valence-corrected chi connectivity index (χ0v) is 11.7. The molecule has 0 heterocycles. The van der Waals surface area contributed by atoms with Crippen LogP contribution >= 0.6 is 11.6 Å². The molecule has 1 aliphatic carbocycles. The monoisotopic (exact) mass is 296 g/mol. The lowest BCUT2D eigenvalue weighted by molar-refractivity contribution is -0.124. The van der Waals surface area contributed by atoms with Gasteiger partial charge in [0.05, 0.1) is 11.1 Å². The first-order valence-electron chi connectivity index (χ1n) is 6.25. The number of amides is 1. The summed E-state index contributed by atoms with van der Waals surface area (Å²) in [7, 11) is 0. The minimum atomic E-state index is -0.846. The van der Waals surface area contributed by atoms with E-state index >= 15 is 0 Å². The predicted molar refractivity (Wildman–Crippen MR) is 71.8 cm³/mol. The molecule has 6 heteroatoms. The molecule has 4 nitrogen and oxygen atoms in total. The SMILES string of the molecule is C[C@@](C#N)(NC(=O)COc1ccc(F)c(Cl)c1)C1CC1. The molecule has 1 N–H and O–H groups in total. The van der Waals surface area contributed by atoms with Crippen LogP contribution in [0.15, 0.2) is 18.2 Å². The molecule has 106 valence electrons. The van der Waals surface area contributed by atoms with E-state index in [9.17, 15) is 9.18 Å². The molecule has 1 aliphatic rings. The van der Waals surface area contributed by atoms with E-state index in [0.29, 0.717) is 5.75 Å². The number of nitriles is 1. The molecule has 0 radical (unpaired) electrons. The van der Waals surface area contributed by atoms with Crippen LogP contribution in [0, 0.1) is 23.1 Å². The van der Waals surface area contributed by atoms with Gasteiger partial charge in [-0.2, -0.15) is 5.26 Å². The van der Waals surface area contributed by atoms with Crippen LogP contribution in [0.5, 0.6) is 5.75 Å². The summed E-state index contributed by atoms with van der Waals surface area (Å²) >= 11 is 5.61. The van der Waals surface area contributed by atoms with Crippen LogP contribution in [0.3, 0.4) is 0 Å². The second kappa shape index (κ2) is 5.68. The van der Waals surface area contributed by atoms with Crippen LogP contribution in [0.2, 0.25) is 5.02 Å². The summed E-state index contributed by atoms with van der Waals surface area (Å²) in [5, 5.41) is 11.7. The van der Waals surface area contributed by atoms with Crippen LogP contribution in [0.25, 0.3) is 0 Å². The molecule has 2 rings (SSSR count). The molecular formula is C14H14ClFN2O2. The first kappa shape index (κ1) is 14.6. The fourth-order valence-electron chi connectivity index (χ4n) is 1.92. The number of carbonyl (C=O) groups is 1. The zero-order chi connectivity index (χ0) is 14.8. The van der Waals surface area contributed by atoms with Crippen molar-refractivity contribution in [3.8, 4) is 11.8 Å². The minimum absolute atomic E-state index is 0.0669. The Bertz CT molecular complexity index is 569. The minimum Gasteiger partial charge on any atom is -0.484 e. The van der Waals surface area contributed by atoms with E-state index in [-0.39, 0.29) is 23.5 Å². The van der Waals surface area contributed by atoms with Crippen molar-refractivity contribution in [1.29, 1.82) is 5.26 Å². The number of halogens is 2. The molecule has 1 amide bonds. The largest absolute Gasteiger partial charge is 0.484 e. The number of rotatable bonds is 5. The van der Waals surface area contributed by atoms with E-state index in [2.05, 4.69) is 11.4 Å². The molecule has 0 spiro atoms. The molecule has 1 aromatic rings. The van der Waals surface area contributed by atoms with Gasteiger partial charge in [-0.1, -0.05) is 11.6 Å². The second-order valence-electron chi connectivity index (χ2n) is 5.00. The van der Waals surface area contributed by atoms with Crippen LogP contribution < -0.4 is 10.1 Å². The van der Waals surface area contributed by atoms with Gasteiger partial charge in [-0.05, 0) is 37.8 Å². The maximum atomic E-state index is 13.0. The molecule has 1 saturated carbocycles. The normalized spacial score (nSPS) is 16.9. The van der Waals surface area contributed by atoms with Gasteiger partial charge in [-0.25, -0.2) is 4.39 Å². The molecule has 1 aromatic carbocycles. The molecule has 0 aliphatic heterocycles. The summed E-state index contributed by atoms with van der Waals surface area (Å²) in [4.78, 5) is 11.8. The van der Waals surface area contributed by atoms with E-state index < -0.39 is 11.4 Å². The number of carbonyl (C=O) groups excluding carboxylic acids is 1. The van der Waals surface area contributed by atoms with Gasteiger partial charge in [0, 0.05) is 6.07 Å². The summed E-state index contributed by atoms with van der Waals surface area (Å²) in [5.74, 6) is -0.427. The van der Waals surface area contributed by atoms with Crippen molar-refractivity contribution in [2.45, 2.75) is 25.3 Å². The maximum absolute atomic E-state index is 13.0. The van der Waals surface area contributed by atoms with Gasteiger partial charge in [0.25, 0.3) is 5.91 Å². The first-order chi connectivity index (χ1) is 9.44. The standard InChI is InChI=1S/C14H14ClFN2O2/c1-14(8-17,9-2-3-9)18-13(19)7-20-10-4-5-12(16)11(15)6-10/h4-6,9H,2-3,7H2,1H3,(H,18,19)/t14-/m0/s1. The molecular weight excluding hydrogens is 283 g/mol. The highest BCUT2D eigenvalue weighted by Gasteiger charge is 2.43. The highest BCUT2D eigenvalue weighted by atomic mass is 35.5. The Labute approximate surface area is 121 Å². The lowest BCUT2D eigenvalue weighted by Gasteiger charge is -2.22.